The van der Waals surface area contributed by atoms with Crippen LogP contribution in [0.15, 0.2) is 12.1 Å². The van der Waals surface area contributed by atoms with E-state index in [1.54, 1.807) is 0 Å². The summed E-state index contributed by atoms with van der Waals surface area (Å²) >= 11 is 0. The Bertz CT molecular complexity index is 562. The third-order valence-corrected chi connectivity index (χ3v) is 4.87. The van der Waals surface area contributed by atoms with Crippen molar-refractivity contribution in [3.05, 3.63) is 23.3 Å². The lowest BCUT2D eigenvalue weighted by Crippen LogP contribution is -2.50. The fourth-order valence-electron chi connectivity index (χ4n) is 3.55. The quantitative estimate of drug-likeness (QED) is 0.634. The molecule has 1 aromatic rings. The van der Waals surface area contributed by atoms with Gasteiger partial charge in [0.05, 0.1) is 20.1 Å². The largest absolute Gasteiger partial charge is 0.486 e. The first-order valence-corrected chi connectivity index (χ1v) is 8.40. The zero-order valence-electron chi connectivity index (χ0n) is 13.7. The van der Waals surface area contributed by atoms with E-state index < -0.39 is 0 Å². The predicted octanol–water partition coefficient (Wildman–Crippen LogP) is 2.83. The van der Waals surface area contributed by atoms with Gasteiger partial charge in [-0.1, -0.05) is 6.92 Å². The summed E-state index contributed by atoms with van der Waals surface area (Å²) in [6, 6.07) is 3.88. The van der Waals surface area contributed by atoms with E-state index in [9.17, 15) is 4.79 Å². The maximum Gasteiger partial charge on any atom is 0.217 e. The lowest BCUT2D eigenvalue weighted by Gasteiger charge is -2.37. The van der Waals surface area contributed by atoms with Gasteiger partial charge in [-0.15, -0.1) is 0 Å². The average Bonchev–Trinajstić information content (AvgIpc) is 2.53. The van der Waals surface area contributed by atoms with E-state index in [1.807, 2.05) is 12.1 Å². The zero-order chi connectivity index (χ0) is 15.6. The molecule has 1 saturated heterocycles. The van der Waals surface area contributed by atoms with Gasteiger partial charge in [0.15, 0.2) is 11.5 Å². The van der Waals surface area contributed by atoms with Gasteiger partial charge in [0.1, 0.15) is 19.8 Å². The molecule has 0 N–H and O–H groups in total. The van der Waals surface area contributed by atoms with Gasteiger partial charge >= 0.3 is 0 Å². The predicted molar refractivity (Wildman–Crippen MR) is 85.8 cm³/mol. The molecule has 0 aromatic heterocycles. The molecule has 0 unspecified atom stereocenters. The number of benzene rings is 1. The number of nitrogens with zero attached hydrogens (tertiary/aromatic N) is 1. The van der Waals surface area contributed by atoms with Crippen LogP contribution in [0.1, 0.15) is 42.1 Å². The van der Waals surface area contributed by atoms with Crippen molar-refractivity contribution in [2.45, 2.75) is 32.6 Å². The molecule has 3 rings (SSSR count). The third-order valence-electron chi connectivity index (χ3n) is 4.87. The van der Waals surface area contributed by atoms with Gasteiger partial charge in [-0.05, 0) is 43.4 Å². The maximum atomic E-state index is 12.9. The first kappa shape index (κ1) is 15.3. The van der Waals surface area contributed by atoms with Gasteiger partial charge in [0.25, 0.3) is 0 Å². The van der Waals surface area contributed by atoms with Gasteiger partial charge in [0, 0.05) is 5.56 Å². The molecule has 22 heavy (non-hydrogen) atoms. The number of likely N-dealkylation sites (N-methyl/N-ethyl adjacent to an activating group) is 1. The number of aryl methyl sites for hydroxylation is 1. The van der Waals surface area contributed by atoms with Crippen molar-refractivity contribution in [1.29, 1.82) is 0 Å². The number of likely N-dealkylation sites (tertiary alicyclic amines) is 1. The lowest BCUT2D eigenvalue weighted by molar-refractivity contribution is -0.906. The Morgan fingerprint density at radius 3 is 2.36 bits per heavy atom. The van der Waals surface area contributed by atoms with Crippen molar-refractivity contribution in [3.63, 3.8) is 0 Å². The number of hydrogen-bond acceptors (Lipinski definition) is 3. The number of hydrogen-bond donors (Lipinski definition) is 0. The van der Waals surface area contributed by atoms with Gasteiger partial charge in [0.2, 0.25) is 5.78 Å². The minimum atomic E-state index is 0.234. The SMILES string of the molecule is CCc1cc2c(cc1C(=O)C[N+]1(C)CCCCC1)OCCO2. The van der Waals surface area contributed by atoms with Crippen LogP contribution in [0.4, 0.5) is 0 Å². The molecule has 0 saturated carbocycles. The van der Waals surface area contributed by atoms with Gasteiger partial charge < -0.3 is 14.0 Å². The second-order valence-corrected chi connectivity index (χ2v) is 6.72. The Morgan fingerprint density at radius 1 is 1.09 bits per heavy atom. The van der Waals surface area contributed by atoms with Crippen molar-refractivity contribution >= 4 is 5.78 Å². The number of fused-ring (bicyclic) bond motifs is 1. The summed E-state index contributed by atoms with van der Waals surface area (Å²) in [5.74, 6) is 1.73. The fourth-order valence-corrected chi connectivity index (χ4v) is 3.55. The number of quaternary nitrogens is 1. The Morgan fingerprint density at radius 2 is 1.73 bits per heavy atom. The van der Waals surface area contributed by atoms with Crippen LogP contribution in [-0.4, -0.2) is 50.2 Å². The van der Waals surface area contributed by atoms with E-state index >= 15 is 0 Å². The second kappa shape index (κ2) is 6.29. The normalized spacial score (nSPS) is 19.7. The summed E-state index contributed by atoms with van der Waals surface area (Å²) in [7, 11) is 2.21. The van der Waals surface area contributed by atoms with Crippen molar-refractivity contribution in [2.75, 3.05) is 39.9 Å². The molecule has 0 amide bonds. The second-order valence-electron chi connectivity index (χ2n) is 6.72. The monoisotopic (exact) mass is 304 g/mol. The maximum absolute atomic E-state index is 12.9. The Balaban J connectivity index is 1.84. The Labute approximate surface area is 132 Å². The van der Waals surface area contributed by atoms with E-state index in [1.165, 1.54) is 19.3 Å². The molecule has 2 aliphatic rings. The van der Waals surface area contributed by atoms with E-state index in [-0.39, 0.29) is 5.78 Å². The van der Waals surface area contributed by atoms with E-state index in [0.29, 0.717) is 25.5 Å². The van der Waals surface area contributed by atoms with Crippen LogP contribution in [0.2, 0.25) is 0 Å². The minimum Gasteiger partial charge on any atom is -0.486 e. The number of ether oxygens (including phenoxy) is 2. The summed E-state index contributed by atoms with van der Waals surface area (Å²) in [6.45, 7) is 6.03. The molecule has 4 nitrogen and oxygen atoms in total. The number of carbonyl (C=O) groups excluding carboxylic acids is 1. The topological polar surface area (TPSA) is 35.5 Å². The van der Waals surface area contributed by atoms with Crippen LogP contribution in [-0.2, 0) is 6.42 Å². The van der Waals surface area contributed by atoms with Crippen molar-refractivity contribution in [3.8, 4) is 11.5 Å². The molecule has 120 valence electrons. The van der Waals surface area contributed by atoms with Crippen LogP contribution in [0.5, 0.6) is 11.5 Å². The van der Waals surface area contributed by atoms with Crippen LogP contribution in [0, 0.1) is 0 Å². The lowest BCUT2D eigenvalue weighted by atomic mass is 9.98. The summed E-state index contributed by atoms with van der Waals surface area (Å²) in [4.78, 5) is 12.9. The van der Waals surface area contributed by atoms with E-state index in [2.05, 4.69) is 14.0 Å². The standard InChI is InChI=1S/C18H26NO3/c1-3-14-11-17-18(22-10-9-21-17)12-15(14)16(20)13-19(2)7-5-4-6-8-19/h11-12H,3-10,13H2,1-2H3/q+1. The summed E-state index contributed by atoms with van der Waals surface area (Å²) in [6.07, 6.45) is 4.59. The third kappa shape index (κ3) is 3.12. The van der Waals surface area contributed by atoms with Crippen molar-refractivity contribution in [1.82, 2.24) is 0 Å². The highest BCUT2D eigenvalue weighted by atomic mass is 16.6. The van der Waals surface area contributed by atoms with Crippen LogP contribution >= 0.6 is 0 Å². The molecule has 0 radical (unpaired) electrons. The molecule has 1 fully saturated rings. The molecule has 2 aliphatic heterocycles. The fraction of sp³-hybridized carbons (Fsp3) is 0.611. The Kier molecular flexibility index (Phi) is 4.39. The minimum absolute atomic E-state index is 0.234. The number of Topliss-reactive ketones (excluding diaryl/α,β-unsaturated/α-hetero) is 1. The molecular formula is C18H26NO3+. The highest BCUT2D eigenvalue weighted by molar-refractivity contribution is 5.99. The number of piperidine rings is 1. The van der Waals surface area contributed by atoms with Crippen molar-refractivity contribution in [2.24, 2.45) is 0 Å². The number of ketones is 1. The highest BCUT2D eigenvalue weighted by Gasteiger charge is 2.29. The molecular weight excluding hydrogens is 278 g/mol. The molecule has 0 spiro atoms. The smallest absolute Gasteiger partial charge is 0.217 e. The summed E-state index contributed by atoms with van der Waals surface area (Å²) < 4.78 is 12.1. The number of carbonyl (C=O) groups is 1. The molecule has 0 aliphatic carbocycles. The van der Waals surface area contributed by atoms with Gasteiger partial charge in [-0.3, -0.25) is 4.79 Å². The van der Waals surface area contributed by atoms with Crippen LogP contribution < -0.4 is 9.47 Å². The molecule has 0 atom stereocenters. The van der Waals surface area contributed by atoms with Crippen molar-refractivity contribution < 1.29 is 18.8 Å². The average molecular weight is 304 g/mol. The first-order chi connectivity index (χ1) is 10.6. The molecule has 1 aromatic carbocycles. The summed E-state index contributed by atoms with van der Waals surface area (Å²) in [5.41, 5.74) is 1.88. The van der Waals surface area contributed by atoms with E-state index in [4.69, 9.17) is 9.47 Å². The first-order valence-electron chi connectivity index (χ1n) is 8.40. The zero-order valence-corrected chi connectivity index (χ0v) is 13.7. The van der Waals surface area contributed by atoms with Crippen LogP contribution in [0.3, 0.4) is 0 Å². The van der Waals surface area contributed by atoms with Crippen LogP contribution in [0.25, 0.3) is 0 Å². The molecule has 2 heterocycles. The molecule has 4 heteroatoms. The highest BCUT2D eigenvalue weighted by Crippen LogP contribution is 2.34. The van der Waals surface area contributed by atoms with Gasteiger partial charge in [-0.25, -0.2) is 0 Å². The van der Waals surface area contributed by atoms with E-state index in [0.717, 1.165) is 40.9 Å². The molecule has 0 bridgehead atoms. The summed E-state index contributed by atoms with van der Waals surface area (Å²) in [5, 5.41) is 0. The van der Waals surface area contributed by atoms with Gasteiger partial charge in [-0.2, -0.15) is 0 Å². The Hall–Kier alpha value is -1.55. The number of rotatable bonds is 4.